The van der Waals surface area contributed by atoms with Gasteiger partial charge in [-0.25, -0.2) is 4.98 Å². The molecule has 0 aliphatic heterocycles. The number of ether oxygens (including phenoxy) is 3. The van der Waals surface area contributed by atoms with Crippen molar-refractivity contribution in [1.82, 2.24) is 4.98 Å². The van der Waals surface area contributed by atoms with Crippen LogP contribution in [-0.4, -0.2) is 31.2 Å². The minimum absolute atomic E-state index is 0.300. The van der Waals surface area contributed by atoms with Crippen molar-refractivity contribution in [2.75, 3.05) is 25.6 Å². The smallest absolute Gasteiger partial charge is 0.275 e. The SMILES string of the molecule is CCOc1ccc(OCC)c(NC(=O)c2csc(-c3ccc(OC)cc3)n2)c1. The van der Waals surface area contributed by atoms with Crippen LogP contribution in [0.25, 0.3) is 10.6 Å². The number of anilines is 1. The molecule has 6 nitrogen and oxygen atoms in total. The largest absolute Gasteiger partial charge is 0.497 e. The number of amides is 1. The first-order valence-corrected chi connectivity index (χ1v) is 9.83. The molecular weight excluding hydrogens is 376 g/mol. The van der Waals surface area contributed by atoms with Crippen LogP contribution >= 0.6 is 11.3 Å². The van der Waals surface area contributed by atoms with E-state index in [-0.39, 0.29) is 5.91 Å². The Morgan fingerprint density at radius 1 is 1.04 bits per heavy atom. The monoisotopic (exact) mass is 398 g/mol. The number of rotatable bonds is 8. The van der Waals surface area contributed by atoms with Crippen molar-refractivity contribution in [2.24, 2.45) is 0 Å². The van der Waals surface area contributed by atoms with E-state index in [9.17, 15) is 4.79 Å². The molecule has 1 heterocycles. The van der Waals surface area contributed by atoms with E-state index >= 15 is 0 Å². The zero-order valence-electron chi connectivity index (χ0n) is 16.0. The molecule has 3 aromatic rings. The van der Waals surface area contributed by atoms with Gasteiger partial charge in [0.15, 0.2) is 0 Å². The van der Waals surface area contributed by atoms with Gasteiger partial charge in [-0.3, -0.25) is 4.79 Å². The normalized spacial score (nSPS) is 10.4. The van der Waals surface area contributed by atoms with Crippen molar-refractivity contribution in [3.63, 3.8) is 0 Å². The molecule has 1 amide bonds. The third kappa shape index (κ3) is 4.61. The molecule has 3 rings (SSSR count). The van der Waals surface area contributed by atoms with Crippen molar-refractivity contribution < 1.29 is 19.0 Å². The van der Waals surface area contributed by atoms with Crippen LogP contribution in [0.1, 0.15) is 24.3 Å². The molecule has 1 N–H and O–H groups in total. The first-order valence-electron chi connectivity index (χ1n) is 8.95. The second-order valence-electron chi connectivity index (χ2n) is 5.74. The molecule has 2 aromatic carbocycles. The quantitative estimate of drug-likeness (QED) is 0.586. The van der Waals surface area contributed by atoms with Crippen LogP contribution in [0.4, 0.5) is 5.69 Å². The number of carbonyl (C=O) groups excluding carboxylic acids is 1. The summed E-state index contributed by atoms with van der Waals surface area (Å²) in [5.74, 6) is 1.73. The third-order valence-corrected chi connectivity index (χ3v) is 4.78. The second kappa shape index (κ2) is 9.23. The van der Waals surface area contributed by atoms with E-state index in [4.69, 9.17) is 14.2 Å². The molecule has 0 spiro atoms. The summed E-state index contributed by atoms with van der Waals surface area (Å²) in [5.41, 5.74) is 1.83. The predicted molar refractivity (Wildman–Crippen MR) is 111 cm³/mol. The Bertz CT molecular complexity index is 938. The van der Waals surface area contributed by atoms with E-state index in [1.54, 1.807) is 24.6 Å². The summed E-state index contributed by atoms with van der Waals surface area (Å²) in [5, 5.41) is 5.38. The summed E-state index contributed by atoms with van der Waals surface area (Å²) in [6.45, 7) is 4.84. The summed E-state index contributed by atoms with van der Waals surface area (Å²) in [6.07, 6.45) is 0. The highest BCUT2D eigenvalue weighted by atomic mass is 32.1. The molecule has 0 saturated heterocycles. The highest BCUT2D eigenvalue weighted by molar-refractivity contribution is 7.13. The highest BCUT2D eigenvalue weighted by Gasteiger charge is 2.15. The van der Waals surface area contributed by atoms with Crippen LogP contribution in [0.15, 0.2) is 47.8 Å². The van der Waals surface area contributed by atoms with E-state index in [0.717, 1.165) is 16.3 Å². The summed E-state index contributed by atoms with van der Waals surface area (Å²) in [4.78, 5) is 17.2. The number of aromatic nitrogens is 1. The van der Waals surface area contributed by atoms with Gasteiger partial charge in [-0.2, -0.15) is 0 Å². The Balaban J connectivity index is 1.79. The van der Waals surface area contributed by atoms with Crippen molar-refractivity contribution in [3.05, 3.63) is 53.5 Å². The zero-order chi connectivity index (χ0) is 19.9. The average molecular weight is 398 g/mol. The maximum atomic E-state index is 12.7. The maximum Gasteiger partial charge on any atom is 0.275 e. The summed E-state index contributed by atoms with van der Waals surface area (Å²) < 4.78 is 16.3. The number of methoxy groups -OCH3 is 1. The van der Waals surface area contributed by atoms with Crippen molar-refractivity contribution in [2.45, 2.75) is 13.8 Å². The fraction of sp³-hybridized carbons (Fsp3) is 0.238. The van der Waals surface area contributed by atoms with Crippen molar-refractivity contribution >= 4 is 22.9 Å². The Kier molecular flexibility index (Phi) is 6.49. The molecule has 146 valence electrons. The minimum atomic E-state index is -0.300. The number of nitrogens with one attached hydrogen (secondary N) is 1. The summed E-state index contributed by atoms with van der Waals surface area (Å²) >= 11 is 1.41. The van der Waals surface area contributed by atoms with Crippen LogP contribution in [0.2, 0.25) is 0 Å². The molecule has 0 atom stereocenters. The molecule has 0 saturated carbocycles. The van der Waals surface area contributed by atoms with E-state index in [1.165, 1.54) is 11.3 Å². The molecule has 28 heavy (non-hydrogen) atoms. The zero-order valence-corrected chi connectivity index (χ0v) is 16.8. The topological polar surface area (TPSA) is 69.7 Å². The molecule has 7 heteroatoms. The number of hydrogen-bond donors (Lipinski definition) is 1. The molecule has 1 aromatic heterocycles. The maximum absolute atomic E-state index is 12.7. The predicted octanol–water partition coefficient (Wildman–Crippen LogP) is 4.87. The summed E-state index contributed by atoms with van der Waals surface area (Å²) in [7, 11) is 1.62. The van der Waals surface area contributed by atoms with Gasteiger partial charge in [0, 0.05) is 17.0 Å². The van der Waals surface area contributed by atoms with Gasteiger partial charge < -0.3 is 19.5 Å². The first-order chi connectivity index (χ1) is 13.6. The average Bonchev–Trinajstić information content (AvgIpc) is 3.21. The number of benzene rings is 2. The van der Waals surface area contributed by atoms with Crippen LogP contribution in [0.5, 0.6) is 17.2 Å². The second-order valence-corrected chi connectivity index (χ2v) is 6.60. The summed E-state index contributed by atoms with van der Waals surface area (Å²) in [6, 6.07) is 12.9. The third-order valence-electron chi connectivity index (χ3n) is 3.88. The molecule has 0 unspecified atom stereocenters. The van der Waals surface area contributed by atoms with Crippen LogP contribution in [0.3, 0.4) is 0 Å². The Morgan fingerprint density at radius 2 is 1.75 bits per heavy atom. The number of carbonyl (C=O) groups is 1. The van der Waals surface area contributed by atoms with Crippen LogP contribution < -0.4 is 19.5 Å². The van der Waals surface area contributed by atoms with Gasteiger partial charge in [0.2, 0.25) is 0 Å². The molecule has 0 bridgehead atoms. The van der Waals surface area contributed by atoms with E-state index < -0.39 is 0 Å². The van der Waals surface area contributed by atoms with E-state index in [1.807, 2.05) is 44.2 Å². The Morgan fingerprint density at radius 3 is 2.43 bits per heavy atom. The fourth-order valence-corrected chi connectivity index (χ4v) is 3.38. The number of thiazole rings is 1. The van der Waals surface area contributed by atoms with E-state index in [0.29, 0.717) is 36.1 Å². The standard InChI is InChI=1S/C21H22N2O4S/c1-4-26-16-10-11-19(27-5-2)17(12-16)22-20(24)18-13-28-21(23-18)14-6-8-15(25-3)9-7-14/h6-13H,4-5H2,1-3H3,(H,22,24). The Hall–Kier alpha value is -3.06. The van der Waals surface area contributed by atoms with Gasteiger partial charge in [-0.1, -0.05) is 0 Å². The molecule has 0 radical (unpaired) electrons. The fourth-order valence-electron chi connectivity index (χ4n) is 2.58. The van der Waals surface area contributed by atoms with Crippen LogP contribution in [-0.2, 0) is 0 Å². The molecule has 0 fully saturated rings. The van der Waals surface area contributed by atoms with E-state index in [2.05, 4.69) is 10.3 Å². The van der Waals surface area contributed by atoms with Gasteiger partial charge in [0.25, 0.3) is 5.91 Å². The van der Waals surface area contributed by atoms with Crippen molar-refractivity contribution in [1.29, 1.82) is 0 Å². The van der Waals surface area contributed by atoms with Gasteiger partial charge in [-0.15, -0.1) is 11.3 Å². The number of nitrogens with zero attached hydrogens (tertiary/aromatic N) is 1. The van der Waals surface area contributed by atoms with Gasteiger partial charge in [-0.05, 0) is 50.2 Å². The van der Waals surface area contributed by atoms with Gasteiger partial charge in [0.05, 0.1) is 26.0 Å². The first kappa shape index (κ1) is 19.7. The molecule has 0 aliphatic carbocycles. The highest BCUT2D eigenvalue weighted by Crippen LogP contribution is 2.31. The molecule has 0 aliphatic rings. The number of hydrogen-bond acceptors (Lipinski definition) is 6. The minimum Gasteiger partial charge on any atom is -0.497 e. The van der Waals surface area contributed by atoms with Gasteiger partial charge >= 0.3 is 0 Å². The lowest BCUT2D eigenvalue weighted by Crippen LogP contribution is -2.13. The van der Waals surface area contributed by atoms with Gasteiger partial charge in [0.1, 0.15) is 28.0 Å². The molecular formula is C21H22N2O4S. The Labute approximate surface area is 168 Å². The lowest BCUT2D eigenvalue weighted by atomic mass is 10.2. The lowest BCUT2D eigenvalue weighted by Gasteiger charge is -2.13. The van der Waals surface area contributed by atoms with Crippen LogP contribution in [0, 0.1) is 0 Å². The lowest BCUT2D eigenvalue weighted by molar-refractivity contribution is 0.102. The van der Waals surface area contributed by atoms with Crippen molar-refractivity contribution in [3.8, 4) is 27.8 Å².